The summed E-state index contributed by atoms with van der Waals surface area (Å²) < 4.78 is 5.40. The zero-order chi connectivity index (χ0) is 13.9. The molecule has 1 saturated heterocycles. The zero-order valence-corrected chi connectivity index (χ0v) is 11.7. The fourth-order valence-electron chi connectivity index (χ4n) is 3.47. The number of likely N-dealkylation sites (tertiary alicyclic amines) is 1. The molecule has 1 saturated carbocycles. The van der Waals surface area contributed by atoms with Crippen molar-refractivity contribution in [1.82, 2.24) is 4.90 Å². The number of hydrogen-bond donors (Lipinski definition) is 1. The van der Waals surface area contributed by atoms with E-state index in [1.807, 2.05) is 35.2 Å². The second-order valence-corrected chi connectivity index (χ2v) is 5.94. The maximum Gasteiger partial charge on any atom is 0.410 e. The lowest BCUT2D eigenvalue weighted by Gasteiger charge is -2.35. The fraction of sp³-hybridized carbons (Fsp3) is 0.562. The molecule has 1 amide bonds. The highest BCUT2D eigenvalue weighted by molar-refractivity contribution is 5.67. The number of piperidine rings is 1. The van der Waals surface area contributed by atoms with Crippen molar-refractivity contribution in [1.29, 1.82) is 0 Å². The lowest BCUT2D eigenvalue weighted by Crippen LogP contribution is -2.46. The Kier molecular flexibility index (Phi) is 3.92. The van der Waals surface area contributed by atoms with Crippen LogP contribution in [0.2, 0.25) is 0 Å². The highest BCUT2D eigenvalue weighted by Gasteiger charge is 2.39. The molecule has 20 heavy (non-hydrogen) atoms. The first kappa shape index (κ1) is 13.4. The first-order chi connectivity index (χ1) is 9.74. The fourth-order valence-corrected chi connectivity index (χ4v) is 3.47. The Hall–Kier alpha value is -1.55. The SMILES string of the molecule is N[C@H]1CC[C@@H]2CCN(C(=O)OCc3ccccc3)C[C@@H]21. The van der Waals surface area contributed by atoms with E-state index >= 15 is 0 Å². The van der Waals surface area contributed by atoms with Crippen molar-refractivity contribution in [3.05, 3.63) is 35.9 Å². The maximum atomic E-state index is 12.1. The van der Waals surface area contributed by atoms with Crippen LogP contribution in [-0.4, -0.2) is 30.1 Å². The van der Waals surface area contributed by atoms with Crippen LogP contribution in [-0.2, 0) is 11.3 Å². The number of amides is 1. The van der Waals surface area contributed by atoms with E-state index in [4.69, 9.17) is 10.5 Å². The number of rotatable bonds is 2. The largest absolute Gasteiger partial charge is 0.445 e. The smallest absolute Gasteiger partial charge is 0.410 e. The second-order valence-electron chi connectivity index (χ2n) is 5.94. The van der Waals surface area contributed by atoms with Crippen LogP contribution in [0.1, 0.15) is 24.8 Å². The van der Waals surface area contributed by atoms with Gasteiger partial charge in [-0.15, -0.1) is 0 Å². The molecule has 0 spiro atoms. The molecule has 2 aliphatic rings. The van der Waals surface area contributed by atoms with Gasteiger partial charge in [-0.1, -0.05) is 30.3 Å². The molecule has 1 aromatic rings. The van der Waals surface area contributed by atoms with Gasteiger partial charge in [0, 0.05) is 19.1 Å². The number of hydrogen-bond acceptors (Lipinski definition) is 3. The summed E-state index contributed by atoms with van der Waals surface area (Å²) >= 11 is 0. The number of benzene rings is 1. The molecule has 0 unspecified atom stereocenters. The van der Waals surface area contributed by atoms with E-state index in [1.54, 1.807) is 0 Å². The molecule has 1 heterocycles. The van der Waals surface area contributed by atoms with Crippen LogP contribution < -0.4 is 5.73 Å². The van der Waals surface area contributed by atoms with Crippen molar-refractivity contribution < 1.29 is 9.53 Å². The number of ether oxygens (including phenoxy) is 1. The minimum Gasteiger partial charge on any atom is -0.445 e. The Balaban J connectivity index is 1.53. The van der Waals surface area contributed by atoms with Gasteiger partial charge in [-0.05, 0) is 36.7 Å². The highest BCUT2D eigenvalue weighted by Crippen LogP contribution is 2.37. The second kappa shape index (κ2) is 5.83. The minimum atomic E-state index is -0.202. The van der Waals surface area contributed by atoms with E-state index in [9.17, 15) is 4.79 Å². The van der Waals surface area contributed by atoms with Gasteiger partial charge in [0.1, 0.15) is 6.61 Å². The summed E-state index contributed by atoms with van der Waals surface area (Å²) in [5.74, 6) is 1.18. The van der Waals surface area contributed by atoms with Gasteiger partial charge < -0.3 is 15.4 Å². The molecule has 3 rings (SSSR count). The third-order valence-electron chi connectivity index (χ3n) is 4.69. The average molecular weight is 274 g/mol. The van der Waals surface area contributed by atoms with Crippen LogP contribution in [0, 0.1) is 11.8 Å². The molecule has 2 N–H and O–H groups in total. The van der Waals surface area contributed by atoms with Gasteiger partial charge in [0.05, 0.1) is 0 Å². The topological polar surface area (TPSA) is 55.6 Å². The van der Waals surface area contributed by atoms with Crippen LogP contribution in [0.15, 0.2) is 30.3 Å². The van der Waals surface area contributed by atoms with E-state index in [2.05, 4.69) is 0 Å². The van der Waals surface area contributed by atoms with Crippen molar-refractivity contribution in [2.75, 3.05) is 13.1 Å². The molecule has 4 heteroatoms. The van der Waals surface area contributed by atoms with Gasteiger partial charge in [0.2, 0.25) is 0 Å². The van der Waals surface area contributed by atoms with Crippen LogP contribution >= 0.6 is 0 Å². The summed E-state index contributed by atoms with van der Waals surface area (Å²) in [6.07, 6.45) is 3.19. The Morgan fingerprint density at radius 2 is 2.05 bits per heavy atom. The van der Waals surface area contributed by atoms with Crippen LogP contribution in [0.3, 0.4) is 0 Å². The van der Waals surface area contributed by atoms with E-state index in [1.165, 1.54) is 6.42 Å². The number of carbonyl (C=O) groups excluding carboxylic acids is 1. The normalized spacial score (nSPS) is 29.1. The predicted octanol–water partition coefficient (Wildman–Crippen LogP) is 2.38. The molecule has 0 radical (unpaired) electrons. The van der Waals surface area contributed by atoms with Crippen molar-refractivity contribution in [2.24, 2.45) is 17.6 Å². The van der Waals surface area contributed by atoms with E-state index in [0.29, 0.717) is 18.4 Å². The Morgan fingerprint density at radius 1 is 1.25 bits per heavy atom. The molecule has 108 valence electrons. The minimum absolute atomic E-state index is 0.202. The van der Waals surface area contributed by atoms with Crippen molar-refractivity contribution in [3.63, 3.8) is 0 Å². The number of fused-ring (bicyclic) bond motifs is 1. The third-order valence-corrected chi connectivity index (χ3v) is 4.69. The van der Waals surface area contributed by atoms with Gasteiger partial charge in [-0.2, -0.15) is 0 Å². The lowest BCUT2D eigenvalue weighted by molar-refractivity contribution is 0.0681. The molecule has 0 aromatic heterocycles. The molecule has 1 aliphatic heterocycles. The molecule has 2 fully saturated rings. The van der Waals surface area contributed by atoms with Gasteiger partial charge in [0.15, 0.2) is 0 Å². The summed E-state index contributed by atoms with van der Waals surface area (Å²) in [5.41, 5.74) is 7.16. The Labute approximate surface area is 119 Å². The molecule has 1 aliphatic carbocycles. The summed E-state index contributed by atoms with van der Waals surface area (Å²) in [7, 11) is 0. The Bertz CT molecular complexity index is 463. The monoisotopic (exact) mass is 274 g/mol. The Morgan fingerprint density at radius 3 is 2.85 bits per heavy atom. The zero-order valence-electron chi connectivity index (χ0n) is 11.7. The molecule has 1 aromatic carbocycles. The van der Waals surface area contributed by atoms with Crippen LogP contribution in [0.25, 0.3) is 0 Å². The third kappa shape index (κ3) is 2.80. The molecular formula is C16H22N2O2. The first-order valence-electron chi connectivity index (χ1n) is 7.45. The molecular weight excluding hydrogens is 252 g/mol. The van der Waals surface area contributed by atoms with Crippen molar-refractivity contribution >= 4 is 6.09 Å². The number of carbonyl (C=O) groups is 1. The van der Waals surface area contributed by atoms with Gasteiger partial charge >= 0.3 is 6.09 Å². The maximum absolute atomic E-state index is 12.1. The quantitative estimate of drug-likeness (QED) is 0.901. The number of nitrogens with two attached hydrogens (primary N) is 1. The summed E-state index contributed by atoms with van der Waals surface area (Å²) in [4.78, 5) is 14.0. The van der Waals surface area contributed by atoms with E-state index < -0.39 is 0 Å². The van der Waals surface area contributed by atoms with Crippen molar-refractivity contribution in [3.8, 4) is 0 Å². The predicted molar refractivity (Wildman–Crippen MR) is 77.0 cm³/mol. The molecule has 0 bridgehead atoms. The van der Waals surface area contributed by atoms with Gasteiger partial charge in [0.25, 0.3) is 0 Å². The van der Waals surface area contributed by atoms with Gasteiger partial charge in [-0.25, -0.2) is 4.79 Å². The van der Waals surface area contributed by atoms with Gasteiger partial charge in [-0.3, -0.25) is 0 Å². The lowest BCUT2D eigenvalue weighted by atomic mass is 9.87. The molecule has 3 atom stereocenters. The summed E-state index contributed by atoms with van der Waals surface area (Å²) in [6, 6.07) is 10.0. The van der Waals surface area contributed by atoms with E-state index in [-0.39, 0.29) is 12.1 Å². The van der Waals surface area contributed by atoms with Crippen LogP contribution in [0.4, 0.5) is 4.79 Å². The first-order valence-corrected chi connectivity index (χ1v) is 7.45. The van der Waals surface area contributed by atoms with E-state index in [0.717, 1.165) is 31.5 Å². The average Bonchev–Trinajstić information content (AvgIpc) is 2.87. The summed E-state index contributed by atoms with van der Waals surface area (Å²) in [5, 5.41) is 0. The van der Waals surface area contributed by atoms with Crippen molar-refractivity contribution in [2.45, 2.75) is 31.9 Å². The highest BCUT2D eigenvalue weighted by atomic mass is 16.6. The molecule has 4 nitrogen and oxygen atoms in total. The number of nitrogens with zero attached hydrogens (tertiary/aromatic N) is 1. The standard InChI is InChI=1S/C16H22N2O2/c17-15-7-6-13-8-9-18(10-14(13)15)16(19)20-11-12-4-2-1-3-5-12/h1-5,13-15H,6-11,17H2/t13-,14+,15+/m1/s1. The van der Waals surface area contributed by atoms with Crippen LogP contribution in [0.5, 0.6) is 0 Å². The summed E-state index contributed by atoms with van der Waals surface area (Å²) in [6.45, 7) is 1.91.